The van der Waals surface area contributed by atoms with Crippen LogP contribution in [0.5, 0.6) is 0 Å². The standard InChI is InChI=1S/C22H36N2O7S/c1-4-30-19(25)10-11-32-13-16(22(29)31-5-2)23-14(3)20(26)24-17-9-7-6-8-15(17)12-18(24)21(27)28/h14-18,23H,4-13H2,1-3H3,(H,27,28)/t14-,15?,16?,17?,18-/m0/s1. The normalized spacial score (nSPS) is 24.3. The lowest BCUT2D eigenvalue weighted by Crippen LogP contribution is -2.56. The van der Waals surface area contributed by atoms with E-state index in [9.17, 15) is 24.3 Å². The first-order valence-electron chi connectivity index (χ1n) is 11.5. The largest absolute Gasteiger partial charge is 0.480 e. The summed E-state index contributed by atoms with van der Waals surface area (Å²) in [5.74, 6) is -1.00. The molecule has 0 aromatic rings. The molecule has 0 radical (unpaired) electrons. The van der Waals surface area contributed by atoms with Gasteiger partial charge in [-0.15, -0.1) is 0 Å². The number of carbonyl (C=O) groups excluding carboxylic acids is 3. The number of carbonyl (C=O) groups is 4. The lowest BCUT2D eigenvalue weighted by molar-refractivity contribution is -0.151. The van der Waals surface area contributed by atoms with E-state index in [1.165, 1.54) is 11.8 Å². The highest BCUT2D eigenvalue weighted by Gasteiger charge is 2.48. The molecule has 2 N–H and O–H groups in total. The van der Waals surface area contributed by atoms with Crippen LogP contribution in [0, 0.1) is 5.92 Å². The fourth-order valence-electron chi connectivity index (χ4n) is 4.61. The van der Waals surface area contributed by atoms with Crippen molar-refractivity contribution >= 4 is 35.6 Å². The number of amides is 1. The molecule has 1 amide bonds. The maximum atomic E-state index is 13.3. The van der Waals surface area contributed by atoms with Crippen LogP contribution in [0.25, 0.3) is 0 Å². The maximum absolute atomic E-state index is 13.3. The Bertz CT molecular complexity index is 675. The van der Waals surface area contributed by atoms with Gasteiger partial charge >= 0.3 is 17.9 Å². The third-order valence-corrected chi connectivity index (χ3v) is 7.12. The van der Waals surface area contributed by atoms with Gasteiger partial charge in [0, 0.05) is 17.5 Å². The number of fused-ring (bicyclic) bond motifs is 1. The first-order valence-corrected chi connectivity index (χ1v) is 12.7. The number of likely N-dealkylation sites (tertiary alicyclic amines) is 1. The van der Waals surface area contributed by atoms with E-state index in [0.717, 1.165) is 25.7 Å². The molecule has 32 heavy (non-hydrogen) atoms. The minimum Gasteiger partial charge on any atom is -0.480 e. The molecule has 1 heterocycles. The Morgan fingerprint density at radius 3 is 2.47 bits per heavy atom. The Balaban J connectivity index is 2.00. The quantitative estimate of drug-likeness (QED) is 0.323. The van der Waals surface area contributed by atoms with Crippen molar-refractivity contribution in [3.8, 4) is 0 Å². The molecule has 1 saturated carbocycles. The number of ether oxygens (including phenoxy) is 2. The molecule has 1 saturated heterocycles. The first-order chi connectivity index (χ1) is 15.3. The Kier molecular flexibility index (Phi) is 10.8. The molecule has 2 fully saturated rings. The van der Waals surface area contributed by atoms with Crippen LogP contribution in [0.2, 0.25) is 0 Å². The van der Waals surface area contributed by atoms with Crippen molar-refractivity contribution in [2.24, 2.45) is 5.92 Å². The zero-order valence-electron chi connectivity index (χ0n) is 19.2. The van der Waals surface area contributed by atoms with E-state index >= 15 is 0 Å². The molecular weight excluding hydrogens is 436 g/mol. The van der Waals surface area contributed by atoms with Crippen molar-refractivity contribution in [3.05, 3.63) is 0 Å². The summed E-state index contributed by atoms with van der Waals surface area (Å²) in [6.07, 6.45) is 4.54. The molecule has 5 atom stereocenters. The lowest BCUT2D eigenvalue weighted by atomic mass is 9.84. The smallest absolute Gasteiger partial charge is 0.326 e. The Morgan fingerprint density at radius 2 is 1.81 bits per heavy atom. The topological polar surface area (TPSA) is 122 Å². The predicted octanol–water partition coefficient (Wildman–Crippen LogP) is 1.83. The molecule has 2 rings (SSSR count). The van der Waals surface area contributed by atoms with Crippen molar-refractivity contribution in [1.29, 1.82) is 0 Å². The number of hydrogen-bond donors (Lipinski definition) is 2. The minimum atomic E-state index is -0.976. The number of rotatable bonds is 12. The number of nitrogens with zero attached hydrogens (tertiary/aromatic N) is 1. The molecule has 0 aromatic carbocycles. The number of thioether (sulfide) groups is 1. The van der Waals surface area contributed by atoms with E-state index in [-0.39, 0.29) is 36.9 Å². The molecule has 0 spiro atoms. The van der Waals surface area contributed by atoms with Crippen LogP contribution in [0.1, 0.15) is 59.3 Å². The number of nitrogens with one attached hydrogen (secondary N) is 1. The number of carboxylic acid groups (broad SMARTS) is 1. The van der Waals surface area contributed by atoms with E-state index in [0.29, 0.717) is 24.5 Å². The third kappa shape index (κ3) is 7.10. The van der Waals surface area contributed by atoms with Crippen LogP contribution in [-0.2, 0) is 28.7 Å². The molecule has 1 aliphatic carbocycles. The fraction of sp³-hybridized carbons (Fsp3) is 0.818. The Morgan fingerprint density at radius 1 is 1.12 bits per heavy atom. The number of aliphatic carboxylic acids is 1. The van der Waals surface area contributed by atoms with Gasteiger partial charge in [-0.25, -0.2) is 4.79 Å². The molecule has 2 aliphatic rings. The molecular formula is C22H36N2O7S. The predicted molar refractivity (Wildman–Crippen MR) is 120 cm³/mol. The Hall–Kier alpha value is -1.81. The summed E-state index contributed by atoms with van der Waals surface area (Å²) in [7, 11) is 0. The third-order valence-electron chi connectivity index (χ3n) is 6.06. The summed E-state index contributed by atoms with van der Waals surface area (Å²) in [6, 6.07) is -2.35. The van der Waals surface area contributed by atoms with Crippen LogP contribution in [0.3, 0.4) is 0 Å². The van der Waals surface area contributed by atoms with Crippen LogP contribution in [-0.4, -0.2) is 82.7 Å². The highest BCUT2D eigenvalue weighted by Crippen LogP contribution is 2.40. The van der Waals surface area contributed by atoms with Gasteiger partial charge < -0.3 is 19.5 Å². The van der Waals surface area contributed by atoms with Crippen LogP contribution >= 0.6 is 11.8 Å². The van der Waals surface area contributed by atoms with Gasteiger partial charge in [0.05, 0.1) is 25.7 Å². The summed E-state index contributed by atoms with van der Waals surface area (Å²) < 4.78 is 10.0. The van der Waals surface area contributed by atoms with Gasteiger partial charge in [-0.1, -0.05) is 12.8 Å². The van der Waals surface area contributed by atoms with Gasteiger partial charge in [-0.2, -0.15) is 11.8 Å². The van der Waals surface area contributed by atoms with Gasteiger partial charge in [0.1, 0.15) is 12.1 Å². The van der Waals surface area contributed by atoms with Crippen LogP contribution in [0.15, 0.2) is 0 Å². The van der Waals surface area contributed by atoms with Crippen molar-refractivity contribution in [2.75, 3.05) is 24.7 Å². The zero-order chi connectivity index (χ0) is 23.7. The monoisotopic (exact) mass is 472 g/mol. The summed E-state index contributed by atoms with van der Waals surface area (Å²) in [5.41, 5.74) is 0. The van der Waals surface area contributed by atoms with Crippen LogP contribution in [0.4, 0.5) is 0 Å². The lowest BCUT2D eigenvalue weighted by Gasteiger charge is -2.35. The molecule has 0 bridgehead atoms. The first kappa shape index (κ1) is 26.4. The van der Waals surface area contributed by atoms with E-state index in [1.807, 2.05) is 0 Å². The van der Waals surface area contributed by atoms with Crippen molar-refractivity contribution in [3.63, 3.8) is 0 Å². The maximum Gasteiger partial charge on any atom is 0.326 e. The van der Waals surface area contributed by atoms with Gasteiger partial charge in [0.2, 0.25) is 5.91 Å². The van der Waals surface area contributed by atoms with E-state index in [4.69, 9.17) is 9.47 Å². The summed E-state index contributed by atoms with van der Waals surface area (Å²) in [6.45, 7) is 5.65. The minimum absolute atomic E-state index is 0.0541. The average molecular weight is 473 g/mol. The number of esters is 2. The molecule has 3 unspecified atom stereocenters. The molecule has 9 nitrogen and oxygen atoms in total. The highest BCUT2D eigenvalue weighted by atomic mass is 32.2. The van der Waals surface area contributed by atoms with Gasteiger partial charge in [0.15, 0.2) is 0 Å². The second-order valence-corrected chi connectivity index (χ2v) is 9.42. The molecule has 1 aliphatic heterocycles. The van der Waals surface area contributed by atoms with Crippen molar-refractivity contribution in [2.45, 2.75) is 83.5 Å². The van der Waals surface area contributed by atoms with E-state index in [2.05, 4.69) is 5.32 Å². The second kappa shape index (κ2) is 13.0. The fourth-order valence-corrected chi connectivity index (χ4v) is 5.56. The van der Waals surface area contributed by atoms with Gasteiger partial charge in [-0.3, -0.25) is 19.7 Å². The molecule has 0 aromatic heterocycles. The van der Waals surface area contributed by atoms with Gasteiger partial charge in [0.25, 0.3) is 0 Å². The summed E-state index contributed by atoms with van der Waals surface area (Å²) in [5, 5.41) is 12.7. The summed E-state index contributed by atoms with van der Waals surface area (Å²) >= 11 is 1.40. The second-order valence-electron chi connectivity index (χ2n) is 8.27. The highest BCUT2D eigenvalue weighted by molar-refractivity contribution is 7.99. The molecule has 182 valence electrons. The van der Waals surface area contributed by atoms with Crippen molar-refractivity contribution in [1.82, 2.24) is 10.2 Å². The molecule has 10 heteroatoms. The summed E-state index contributed by atoms with van der Waals surface area (Å²) in [4.78, 5) is 50.6. The Labute approximate surface area is 193 Å². The average Bonchev–Trinajstić information content (AvgIpc) is 3.15. The SMILES string of the molecule is CCOC(=O)CCSCC(N[C@@H](C)C(=O)N1C2CCCCC2C[C@H]1C(=O)O)C(=O)OCC. The number of hydrogen-bond acceptors (Lipinski definition) is 8. The zero-order valence-corrected chi connectivity index (χ0v) is 20.0. The van der Waals surface area contributed by atoms with Gasteiger partial charge in [-0.05, 0) is 46.0 Å². The van der Waals surface area contributed by atoms with E-state index < -0.39 is 30.1 Å². The van der Waals surface area contributed by atoms with Crippen molar-refractivity contribution < 1.29 is 33.8 Å². The van der Waals surface area contributed by atoms with Crippen LogP contribution < -0.4 is 5.32 Å². The number of carboxylic acids is 1. The van der Waals surface area contributed by atoms with E-state index in [1.54, 1.807) is 25.7 Å².